The van der Waals surface area contributed by atoms with Crippen LogP contribution in [0.1, 0.15) is 46.5 Å². The smallest absolute Gasteiger partial charge is 0.211 e. The van der Waals surface area contributed by atoms with Crippen LogP contribution in [0.4, 0.5) is 0 Å². The van der Waals surface area contributed by atoms with Crippen LogP contribution in [0, 0.1) is 23.7 Å². The molecule has 8 nitrogen and oxygen atoms in total. The molecule has 1 aliphatic carbocycles. The molecule has 0 aromatic carbocycles. The number of fused-ring (bicyclic) bond motifs is 2. The average molecular weight is 382 g/mol. The molecule has 8 atom stereocenters. The maximum atomic E-state index is 6.51. The molecular weight excluding hydrogens is 356 g/mol. The van der Waals surface area contributed by atoms with E-state index >= 15 is 0 Å². The third-order valence-corrected chi connectivity index (χ3v) is 8.23. The van der Waals surface area contributed by atoms with Crippen molar-refractivity contribution in [1.29, 1.82) is 0 Å². The lowest BCUT2D eigenvalue weighted by Gasteiger charge is -2.60. The number of hydrogen-bond donors (Lipinski definition) is 0. The molecule has 0 unspecified atom stereocenters. The van der Waals surface area contributed by atoms with E-state index in [2.05, 4.69) is 29.4 Å². The first kappa shape index (κ1) is 17.4. The molecule has 1 spiro atoms. The van der Waals surface area contributed by atoms with Crippen LogP contribution >= 0.6 is 11.8 Å². The van der Waals surface area contributed by atoms with E-state index in [0.29, 0.717) is 17.8 Å². The van der Waals surface area contributed by atoms with Crippen molar-refractivity contribution in [3.63, 3.8) is 0 Å². The lowest BCUT2D eigenvalue weighted by molar-refractivity contribution is -0.568. The highest BCUT2D eigenvalue weighted by atomic mass is 32.2. The van der Waals surface area contributed by atoms with E-state index in [1.54, 1.807) is 16.4 Å². The van der Waals surface area contributed by atoms with Gasteiger partial charge >= 0.3 is 0 Å². The van der Waals surface area contributed by atoms with Gasteiger partial charge in [0, 0.05) is 19.4 Å². The standard InChI is InChI=1S/C17H26N4O4S/c1-9-5-6-12-10(2)13(26-15-18-19-20-21(15)4)22-14-17(12)11(9)7-8-16(3,23-14)24-25-17/h9-14H,5-8H2,1-4H3/t9-,10-,11+,12+,13+,14-,16-,17-/m1/s1. The van der Waals surface area contributed by atoms with E-state index in [1.807, 2.05) is 14.0 Å². The second-order valence-electron chi connectivity index (χ2n) is 8.48. The quantitative estimate of drug-likeness (QED) is 0.722. The fourth-order valence-corrected chi connectivity index (χ4v) is 6.47. The molecule has 1 aromatic heterocycles. The van der Waals surface area contributed by atoms with Gasteiger partial charge in [-0.1, -0.05) is 25.6 Å². The summed E-state index contributed by atoms with van der Waals surface area (Å²) in [5.74, 6) is 0.825. The maximum Gasteiger partial charge on any atom is 0.211 e. The van der Waals surface area contributed by atoms with Crippen LogP contribution in [-0.2, 0) is 26.3 Å². The van der Waals surface area contributed by atoms with Gasteiger partial charge in [0.15, 0.2) is 11.9 Å². The lowest BCUT2D eigenvalue weighted by Crippen LogP contribution is -2.70. The molecule has 6 rings (SSSR count). The van der Waals surface area contributed by atoms with Crippen molar-refractivity contribution in [1.82, 2.24) is 20.2 Å². The Kier molecular flexibility index (Phi) is 3.92. The maximum absolute atomic E-state index is 6.51. The van der Waals surface area contributed by atoms with Gasteiger partial charge in [-0.15, -0.1) is 5.10 Å². The first-order chi connectivity index (χ1) is 12.4. The Morgan fingerprint density at radius 3 is 2.77 bits per heavy atom. The predicted octanol–water partition coefficient (Wildman–Crippen LogP) is 2.51. The molecule has 0 N–H and O–H groups in total. The van der Waals surface area contributed by atoms with Gasteiger partial charge < -0.3 is 9.47 Å². The summed E-state index contributed by atoms with van der Waals surface area (Å²) in [6.45, 7) is 6.52. The van der Waals surface area contributed by atoms with Crippen molar-refractivity contribution >= 4 is 11.8 Å². The second kappa shape index (κ2) is 5.88. The van der Waals surface area contributed by atoms with E-state index in [4.69, 9.17) is 19.2 Å². The van der Waals surface area contributed by atoms with Crippen LogP contribution in [0.2, 0.25) is 0 Å². The van der Waals surface area contributed by atoms with Crippen molar-refractivity contribution in [2.24, 2.45) is 30.7 Å². The monoisotopic (exact) mass is 382 g/mol. The fraction of sp³-hybridized carbons (Fsp3) is 0.941. The van der Waals surface area contributed by atoms with E-state index in [-0.39, 0.29) is 11.4 Å². The van der Waals surface area contributed by atoms with Crippen LogP contribution in [0.25, 0.3) is 0 Å². The highest BCUT2D eigenvalue weighted by molar-refractivity contribution is 7.99. The molecule has 1 saturated carbocycles. The summed E-state index contributed by atoms with van der Waals surface area (Å²) in [6.07, 6.45) is 3.76. The molecule has 0 radical (unpaired) electrons. The number of aromatic nitrogens is 4. The number of tetrazole rings is 1. The highest BCUT2D eigenvalue weighted by Crippen LogP contribution is 2.61. The predicted molar refractivity (Wildman–Crippen MR) is 91.5 cm³/mol. The van der Waals surface area contributed by atoms with Crippen LogP contribution in [0.3, 0.4) is 0 Å². The topological polar surface area (TPSA) is 80.5 Å². The Bertz CT molecular complexity index is 704. The molecule has 1 aromatic rings. The van der Waals surface area contributed by atoms with Gasteiger partial charge in [-0.2, -0.15) is 0 Å². The van der Waals surface area contributed by atoms with E-state index < -0.39 is 17.7 Å². The Hall–Kier alpha value is -0.740. The average Bonchev–Trinajstić information content (AvgIpc) is 2.87. The van der Waals surface area contributed by atoms with Gasteiger partial charge in [0.2, 0.25) is 10.9 Å². The third kappa shape index (κ3) is 2.33. The number of nitrogens with zero attached hydrogens (tertiary/aromatic N) is 4. The molecule has 4 aliphatic heterocycles. The zero-order valence-corrected chi connectivity index (χ0v) is 16.4. The largest absolute Gasteiger partial charge is 0.335 e. The lowest BCUT2D eigenvalue weighted by atomic mass is 9.58. The Labute approximate surface area is 157 Å². The van der Waals surface area contributed by atoms with Crippen LogP contribution in [-0.4, -0.2) is 43.3 Å². The number of aryl methyl sites for hydroxylation is 1. The van der Waals surface area contributed by atoms with Gasteiger partial charge in [0.25, 0.3) is 0 Å². The van der Waals surface area contributed by atoms with Crippen molar-refractivity contribution in [3.05, 3.63) is 0 Å². The first-order valence-corrected chi connectivity index (χ1v) is 10.4. The molecule has 144 valence electrons. The molecule has 9 heteroatoms. The molecule has 5 heterocycles. The number of rotatable bonds is 2. The SMILES string of the molecule is C[C@H]1[C@H](Sc2nnnn2C)O[C@@H]2O[C@@]3(C)CC[C@H]4[C@H](C)CC[C@@H]1[C@@]24OO3. The molecular formula is C17H26N4O4S. The van der Waals surface area contributed by atoms with Crippen molar-refractivity contribution in [3.8, 4) is 0 Å². The summed E-state index contributed by atoms with van der Waals surface area (Å²) in [4.78, 5) is 12.0. The number of thioether (sulfide) groups is 1. The van der Waals surface area contributed by atoms with Gasteiger partial charge in [0.05, 0.1) is 0 Å². The fourth-order valence-electron chi connectivity index (χ4n) is 5.43. The summed E-state index contributed by atoms with van der Waals surface area (Å²) in [6, 6.07) is 0. The highest BCUT2D eigenvalue weighted by Gasteiger charge is 2.69. The third-order valence-electron chi connectivity index (χ3n) is 6.90. The summed E-state index contributed by atoms with van der Waals surface area (Å²) in [5.41, 5.74) is -0.594. The molecule has 26 heavy (non-hydrogen) atoms. The molecule has 0 amide bonds. The van der Waals surface area contributed by atoms with Crippen LogP contribution in [0.15, 0.2) is 5.16 Å². The van der Waals surface area contributed by atoms with E-state index in [9.17, 15) is 0 Å². The van der Waals surface area contributed by atoms with Crippen molar-refractivity contribution in [2.75, 3.05) is 0 Å². The molecule has 2 bridgehead atoms. The molecule has 5 aliphatic rings. The van der Waals surface area contributed by atoms with Gasteiger partial charge in [0.1, 0.15) is 5.44 Å². The van der Waals surface area contributed by atoms with E-state index in [0.717, 1.165) is 24.4 Å². The van der Waals surface area contributed by atoms with Gasteiger partial charge in [-0.05, 0) is 54.4 Å². The van der Waals surface area contributed by atoms with Crippen molar-refractivity contribution < 1.29 is 19.2 Å². The summed E-state index contributed by atoms with van der Waals surface area (Å²) in [7, 11) is 1.84. The summed E-state index contributed by atoms with van der Waals surface area (Å²) in [5, 5.41) is 12.5. The van der Waals surface area contributed by atoms with Crippen molar-refractivity contribution in [2.45, 2.75) is 74.7 Å². The molecule has 4 saturated heterocycles. The minimum absolute atomic E-state index is 0.0825. The van der Waals surface area contributed by atoms with E-state index in [1.165, 1.54) is 6.42 Å². The normalized spacial score (nSPS) is 50.3. The number of hydrogen-bond acceptors (Lipinski definition) is 8. The summed E-state index contributed by atoms with van der Waals surface area (Å²) >= 11 is 1.56. The van der Waals surface area contributed by atoms with Crippen LogP contribution in [0.5, 0.6) is 0 Å². The zero-order chi connectivity index (χ0) is 18.1. The Morgan fingerprint density at radius 2 is 2.00 bits per heavy atom. The van der Waals surface area contributed by atoms with Gasteiger partial charge in [-0.25, -0.2) is 14.5 Å². The number of ether oxygens (including phenoxy) is 2. The zero-order valence-electron chi connectivity index (χ0n) is 15.6. The Balaban J connectivity index is 1.51. The van der Waals surface area contributed by atoms with Crippen LogP contribution < -0.4 is 0 Å². The van der Waals surface area contributed by atoms with Gasteiger partial charge in [-0.3, -0.25) is 0 Å². The Morgan fingerprint density at radius 1 is 1.15 bits per heavy atom. The minimum atomic E-state index is -0.736. The first-order valence-electron chi connectivity index (χ1n) is 9.52. The summed E-state index contributed by atoms with van der Waals surface area (Å²) < 4.78 is 14.6. The minimum Gasteiger partial charge on any atom is -0.335 e. The molecule has 5 fully saturated rings. The second-order valence-corrected chi connectivity index (χ2v) is 9.54.